The molecule has 10 nitrogen and oxygen atoms in total. The molecule has 0 heterocycles. The smallest absolute Gasteiger partial charge is 0.242 e. The number of halogens is 1. The van der Waals surface area contributed by atoms with Gasteiger partial charge in [0.25, 0.3) is 0 Å². The van der Waals surface area contributed by atoms with Crippen molar-refractivity contribution in [1.29, 1.82) is 0 Å². The summed E-state index contributed by atoms with van der Waals surface area (Å²) in [5, 5.41) is 8.09. The van der Waals surface area contributed by atoms with Crippen molar-refractivity contribution in [3.63, 3.8) is 0 Å². The molecule has 0 radical (unpaired) electrons. The molecule has 3 amide bonds. The van der Waals surface area contributed by atoms with E-state index in [0.717, 1.165) is 5.56 Å². The van der Waals surface area contributed by atoms with Gasteiger partial charge in [0.1, 0.15) is 12.4 Å². The van der Waals surface area contributed by atoms with Crippen LogP contribution >= 0.6 is 0 Å². The molecule has 0 unspecified atom stereocenters. The van der Waals surface area contributed by atoms with Crippen LogP contribution in [0.1, 0.15) is 25.0 Å². The first-order valence-corrected chi connectivity index (χ1v) is 13.3. The highest BCUT2D eigenvalue weighted by molar-refractivity contribution is 7.89. The van der Waals surface area contributed by atoms with E-state index in [4.69, 9.17) is 10.9 Å². The second-order valence-corrected chi connectivity index (χ2v) is 10.4. The highest BCUT2D eigenvalue weighted by Crippen LogP contribution is 2.11. The second-order valence-electron chi connectivity index (χ2n) is 8.85. The Kier molecular flexibility index (Phi) is 11.2. The van der Waals surface area contributed by atoms with Gasteiger partial charge in [-0.3, -0.25) is 14.4 Å². The minimum Gasteiger partial charge on any atom is -0.368 e. The molecule has 2 aromatic carbocycles. The van der Waals surface area contributed by atoms with Crippen LogP contribution in [0.2, 0.25) is 0 Å². The first-order valence-electron chi connectivity index (χ1n) is 11.8. The number of carbonyl (C=O) groups is 3. The fraction of sp³-hybridized carbons (Fsp3) is 0.400. The minimum absolute atomic E-state index is 0.0325. The lowest BCUT2D eigenvalue weighted by molar-refractivity contribution is -0.142. The third-order valence-corrected chi connectivity index (χ3v) is 6.61. The lowest BCUT2D eigenvalue weighted by Crippen LogP contribution is -2.50. The van der Waals surface area contributed by atoms with Crippen molar-refractivity contribution < 1.29 is 27.2 Å². The number of nitrogens with one attached hydrogen (secondary N) is 1. The van der Waals surface area contributed by atoms with Crippen LogP contribution in [0.4, 0.5) is 4.39 Å². The fourth-order valence-corrected chi connectivity index (χ4v) is 4.13. The Bertz CT molecular complexity index is 1190. The highest BCUT2D eigenvalue weighted by atomic mass is 32.2. The van der Waals surface area contributed by atoms with E-state index in [1.165, 1.54) is 28.0 Å². The van der Waals surface area contributed by atoms with Crippen molar-refractivity contribution in [2.45, 2.75) is 37.6 Å². The molecule has 0 saturated carbocycles. The molecule has 0 bridgehead atoms. The van der Waals surface area contributed by atoms with Gasteiger partial charge in [-0.15, -0.1) is 0 Å². The lowest BCUT2D eigenvalue weighted by Gasteiger charge is -2.30. The van der Waals surface area contributed by atoms with E-state index in [0.29, 0.717) is 24.9 Å². The molecule has 37 heavy (non-hydrogen) atoms. The third kappa shape index (κ3) is 9.90. The van der Waals surface area contributed by atoms with Crippen LogP contribution in [0.3, 0.4) is 0 Å². The maximum absolute atomic E-state index is 13.7. The SMILES string of the molecule is CC(C)N(CC(=O)N(CCc1ccc(S(N)(=O)=O)cc1)CC(N)=O)C(=O)CNCCc1ccccc1F. The Morgan fingerprint density at radius 1 is 0.973 bits per heavy atom. The van der Waals surface area contributed by atoms with E-state index >= 15 is 0 Å². The van der Waals surface area contributed by atoms with Crippen molar-refractivity contribution in [3.05, 3.63) is 65.5 Å². The van der Waals surface area contributed by atoms with Crippen LogP contribution in [0.25, 0.3) is 0 Å². The van der Waals surface area contributed by atoms with Crippen LogP contribution in [-0.4, -0.2) is 74.7 Å². The molecule has 2 rings (SSSR count). The van der Waals surface area contributed by atoms with E-state index in [9.17, 15) is 27.2 Å². The number of primary sulfonamides is 1. The first-order chi connectivity index (χ1) is 17.4. The Morgan fingerprint density at radius 3 is 2.19 bits per heavy atom. The number of sulfonamides is 1. The van der Waals surface area contributed by atoms with Gasteiger partial charge < -0.3 is 20.9 Å². The number of hydrogen-bond acceptors (Lipinski definition) is 6. The van der Waals surface area contributed by atoms with Gasteiger partial charge in [-0.1, -0.05) is 30.3 Å². The second kappa shape index (κ2) is 13.8. The quantitative estimate of drug-likeness (QED) is 0.297. The number of hydrogen-bond donors (Lipinski definition) is 3. The molecular formula is C25H34FN5O5S. The summed E-state index contributed by atoms with van der Waals surface area (Å²) in [6.45, 7) is 3.46. The zero-order chi connectivity index (χ0) is 27.6. The van der Waals surface area contributed by atoms with Crippen molar-refractivity contribution in [3.8, 4) is 0 Å². The van der Waals surface area contributed by atoms with Crippen LogP contribution in [-0.2, 0) is 37.2 Å². The number of nitrogens with two attached hydrogens (primary N) is 2. The molecule has 0 aromatic heterocycles. The summed E-state index contributed by atoms with van der Waals surface area (Å²) in [6.07, 6.45) is 0.738. The summed E-state index contributed by atoms with van der Waals surface area (Å²) in [6, 6.07) is 12.0. The molecule has 0 atom stereocenters. The molecular weight excluding hydrogens is 501 g/mol. The summed E-state index contributed by atoms with van der Waals surface area (Å²) in [5.74, 6) is -1.77. The van der Waals surface area contributed by atoms with E-state index in [2.05, 4.69) is 5.32 Å². The van der Waals surface area contributed by atoms with E-state index < -0.39 is 21.8 Å². The predicted molar refractivity (Wildman–Crippen MR) is 137 cm³/mol. The van der Waals surface area contributed by atoms with Crippen molar-refractivity contribution in [2.75, 3.05) is 32.7 Å². The van der Waals surface area contributed by atoms with E-state index in [-0.39, 0.29) is 48.8 Å². The molecule has 2 aromatic rings. The Labute approximate surface area is 216 Å². The molecule has 202 valence electrons. The fourth-order valence-electron chi connectivity index (χ4n) is 3.62. The Morgan fingerprint density at radius 2 is 1.62 bits per heavy atom. The van der Waals surface area contributed by atoms with E-state index in [1.54, 1.807) is 44.2 Å². The minimum atomic E-state index is -3.82. The third-order valence-electron chi connectivity index (χ3n) is 5.68. The van der Waals surface area contributed by atoms with Gasteiger partial charge in [0.2, 0.25) is 27.7 Å². The largest absolute Gasteiger partial charge is 0.368 e. The van der Waals surface area contributed by atoms with Gasteiger partial charge in [-0.2, -0.15) is 0 Å². The maximum atomic E-state index is 13.7. The van der Waals surface area contributed by atoms with Crippen molar-refractivity contribution in [2.24, 2.45) is 10.9 Å². The molecule has 0 fully saturated rings. The Hall–Kier alpha value is -3.35. The number of nitrogens with zero attached hydrogens (tertiary/aromatic N) is 2. The van der Waals surface area contributed by atoms with Crippen LogP contribution in [0.15, 0.2) is 53.4 Å². The monoisotopic (exact) mass is 535 g/mol. The standard InChI is InChI=1S/C25H34FN5O5S/c1-18(2)31(24(33)15-29-13-11-20-5-3-4-6-22(20)26)17-25(34)30(16-23(27)32)14-12-19-7-9-21(10-8-19)37(28,35)36/h3-10,18,29H,11-17H2,1-2H3,(H2,27,32)(H2,28,35,36). The molecule has 5 N–H and O–H groups in total. The summed E-state index contributed by atoms with van der Waals surface area (Å²) >= 11 is 0. The number of amides is 3. The first kappa shape index (κ1) is 29.9. The molecule has 0 aliphatic heterocycles. The molecule has 0 spiro atoms. The number of benzene rings is 2. The van der Waals surface area contributed by atoms with Crippen LogP contribution < -0.4 is 16.2 Å². The molecule has 0 aliphatic carbocycles. The predicted octanol–water partition coefficient (Wildman–Crippen LogP) is 0.399. The number of carbonyl (C=O) groups excluding carboxylic acids is 3. The normalized spacial score (nSPS) is 11.4. The van der Waals surface area contributed by atoms with Crippen molar-refractivity contribution >= 4 is 27.7 Å². The zero-order valence-electron chi connectivity index (χ0n) is 21.0. The molecule has 0 saturated heterocycles. The summed E-state index contributed by atoms with van der Waals surface area (Å²) in [5.41, 5.74) is 6.60. The number of primary amides is 1. The number of rotatable bonds is 14. The van der Waals surface area contributed by atoms with Crippen molar-refractivity contribution in [1.82, 2.24) is 15.1 Å². The zero-order valence-corrected chi connectivity index (χ0v) is 21.8. The van der Waals surface area contributed by atoms with Gasteiger partial charge in [-0.05, 0) is 62.6 Å². The van der Waals surface area contributed by atoms with Gasteiger partial charge in [0.15, 0.2) is 0 Å². The summed E-state index contributed by atoms with van der Waals surface area (Å²) in [7, 11) is -3.82. The van der Waals surface area contributed by atoms with Gasteiger partial charge in [-0.25, -0.2) is 17.9 Å². The summed E-state index contributed by atoms with van der Waals surface area (Å²) in [4.78, 5) is 40.0. The average molecular weight is 536 g/mol. The molecule has 12 heteroatoms. The highest BCUT2D eigenvalue weighted by Gasteiger charge is 2.24. The van der Waals surface area contributed by atoms with Crippen LogP contribution in [0.5, 0.6) is 0 Å². The maximum Gasteiger partial charge on any atom is 0.242 e. The van der Waals surface area contributed by atoms with E-state index in [1.807, 2.05) is 0 Å². The summed E-state index contributed by atoms with van der Waals surface area (Å²) < 4.78 is 36.6. The topological polar surface area (TPSA) is 156 Å². The Balaban J connectivity index is 1.96. The van der Waals surface area contributed by atoms with Gasteiger partial charge in [0, 0.05) is 12.6 Å². The van der Waals surface area contributed by atoms with Gasteiger partial charge >= 0.3 is 0 Å². The van der Waals surface area contributed by atoms with Gasteiger partial charge in [0.05, 0.1) is 18.0 Å². The average Bonchev–Trinajstić information content (AvgIpc) is 2.82. The van der Waals surface area contributed by atoms with Crippen LogP contribution in [0, 0.1) is 5.82 Å². The lowest BCUT2D eigenvalue weighted by atomic mass is 10.1. The molecule has 0 aliphatic rings.